The van der Waals surface area contributed by atoms with Crippen LogP contribution in [0.4, 0.5) is 4.79 Å². The summed E-state index contributed by atoms with van der Waals surface area (Å²) in [6.45, 7) is 12.7. The molecule has 7 atom stereocenters. The average molecular weight is 902 g/mol. The van der Waals surface area contributed by atoms with Crippen molar-refractivity contribution >= 4 is 53.0 Å². The van der Waals surface area contributed by atoms with E-state index in [9.17, 15) is 38.7 Å². The zero-order valence-electron chi connectivity index (χ0n) is 38.1. The summed E-state index contributed by atoms with van der Waals surface area (Å²) in [4.78, 5) is 100. The fourth-order valence-electron chi connectivity index (χ4n) is 7.37. The lowest BCUT2D eigenvalue weighted by molar-refractivity contribution is -0.160. The summed E-state index contributed by atoms with van der Waals surface area (Å²) in [5, 5.41) is 17.6. The molecule has 0 bridgehead atoms. The van der Waals surface area contributed by atoms with Gasteiger partial charge in [0.1, 0.15) is 22.5 Å². The lowest BCUT2D eigenvalue weighted by Gasteiger charge is -2.39. The van der Waals surface area contributed by atoms with Gasteiger partial charge in [0.2, 0.25) is 17.7 Å². The van der Waals surface area contributed by atoms with Crippen LogP contribution in [-0.2, 0) is 44.6 Å². The monoisotopic (exact) mass is 901 g/mol. The second-order valence-corrected chi connectivity index (χ2v) is 17.5. The Labute approximate surface area is 374 Å². The Kier molecular flexibility index (Phi) is 21.2. The second kappa shape index (κ2) is 25.7. The van der Waals surface area contributed by atoms with Crippen LogP contribution in [0.2, 0.25) is 0 Å². The number of nitrogens with zero attached hydrogens (tertiary/aromatic N) is 3. The molecule has 1 fully saturated rings. The highest BCUT2D eigenvalue weighted by molar-refractivity contribution is 7.09. The highest BCUT2D eigenvalue weighted by Gasteiger charge is 2.39. The van der Waals surface area contributed by atoms with Crippen molar-refractivity contribution in [1.82, 2.24) is 36.3 Å². The van der Waals surface area contributed by atoms with E-state index in [0.29, 0.717) is 19.3 Å². The summed E-state index contributed by atoms with van der Waals surface area (Å²) in [6, 6.07) is 3.76. The number of phenols is 1. The van der Waals surface area contributed by atoms with Crippen molar-refractivity contribution < 1.29 is 52.9 Å². The molecule has 1 aliphatic heterocycles. The number of hydrazine groups is 1. The molecule has 1 aromatic carbocycles. The zero-order valence-corrected chi connectivity index (χ0v) is 38.9. The van der Waals surface area contributed by atoms with Crippen molar-refractivity contribution in [2.45, 2.75) is 137 Å². The van der Waals surface area contributed by atoms with E-state index in [1.807, 2.05) is 46.6 Å². The summed E-state index contributed by atoms with van der Waals surface area (Å²) in [5.74, 6) is -4.08. The number of ether oxygens (including phenoxy) is 3. The number of thiazole rings is 1. The van der Waals surface area contributed by atoms with Crippen molar-refractivity contribution in [2.24, 2.45) is 17.8 Å². The number of hydrogen-bond acceptors (Lipinski definition) is 14. The smallest absolute Gasteiger partial charge is 0.425 e. The lowest BCUT2D eigenvalue weighted by atomic mass is 9.92. The number of methoxy groups -OCH3 is 1. The Balaban J connectivity index is 1.94. The molecule has 19 heteroatoms. The van der Waals surface area contributed by atoms with Crippen LogP contribution >= 0.6 is 11.3 Å². The van der Waals surface area contributed by atoms with Crippen molar-refractivity contribution in [3.8, 4) is 5.75 Å². The largest absolute Gasteiger partial charge is 0.508 e. The molecule has 5 N–H and O–H groups in total. The van der Waals surface area contributed by atoms with Crippen LogP contribution in [0, 0.1) is 17.8 Å². The Hall–Kier alpha value is -5.30. The molecule has 18 nitrogen and oxygen atoms in total. The number of rotatable bonds is 22. The van der Waals surface area contributed by atoms with Gasteiger partial charge in [-0.05, 0) is 75.2 Å². The summed E-state index contributed by atoms with van der Waals surface area (Å²) < 4.78 is 16.0. The van der Waals surface area contributed by atoms with E-state index in [1.165, 1.54) is 29.3 Å². The van der Waals surface area contributed by atoms with Crippen LogP contribution in [0.1, 0.15) is 127 Å². The first-order valence-corrected chi connectivity index (χ1v) is 22.6. The summed E-state index contributed by atoms with van der Waals surface area (Å²) in [7, 11) is 3.05. The minimum atomic E-state index is -1.03. The molecule has 0 spiro atoms. The molecule has 0 unspecified atom stereocenters. The first kappa shape index (κ1) is 52.0. The van der Waals surface area contributed by atoms with Gasteiger partial charge in [-0.25, -0.2) is 15.2 Å². The fraction of sp³-hybridized carbons (Fsp3) is 0.636. The Morgan fingerprint density at radius 3 is 2.29 bits per heavy atom. The van der Waals surface area contributed by atoms with E-state index in [-0.39, 0.29) is 65.9 Å². The van der Waals surface area contributed by atoms with Gasteiger partial charge in [-0.15, -0.1) is 11.3 Å². The molecule has 2 aromatic rings. The Morgan fingerprint density at radius 1 is 0.984 bits per heavy atom. The van der Waals surface area contributed by atoms with Gasteiger partial charge in [-0.3, -0.25) is 39.1 Å². The van der Waals surface area contributed by atoms with Gasteiger partial charge in [0.15, 0.2) is 12.8 Å². The number of nitrogens with one attached hydrogen (secondary N) is 4. The molecule has 1 saturated heterocycles. The molecule has 1 aromatic heterocycles. The SMILES string of the molecule is CCCC(=O)OCN(C(=O)[C@@H](NC(=O)[C@H]1CCCCN1C)[C@H](C)CC)[C@H](C[C@@H](OC(C)=O)c1nc(C(=O)N[C@@H](Cc2ccc(O)cc2)C[C@H](C)C(=O)NNC(=O)OC)cs1)C(C)C. The van der Waals surface area contributed by atoms with Gasteiger partial charge < -0.3 is 34.9 Å². The van der Waals surface area contributed by atoms with Crippen LogP contribution in [-0.4, -0.2) is 113 Å². The maximum Gasteiger partial charge on any atom is 0.425 e. The molecule has 5 amide bonds. The maximum absolute atomic E-state index is 14.8. The number of benzene rings is 1. The van der Waals surface area contributed by atoms with Crippen LogP contribution in [0.5, 0.6) is 5.75 Å². The number of aromatic hydroxyl groups is 1. The molecule has 63 heavy (non-hydrogen) atoms. The minimum absolute atomic E-state index is 0.0158. The van der Waals surface area contributed by atoms with Crippen molar-refractivity contribution in [3.63, 3.8) is 0 Å². The van der Waals surface area contributed by atoms with Gasteiger partial charge in [0.05, 0.1) is 13.2 Å². The minimum Gasteiger partial charge on any atom is -0.508 e. The predicted molar refractivity (Wildman–Crippen MR) is 235 cm³/mol. The standard InChI is InChI=1S/C44H67N7O11S/c1-10-14-37(54)61-25-51(43(58)38(27(5)11-2)47-41(57)34-15-12-13-20-50(34)8)35(26(3)4)23-36(62-29(7)52)42-46-33(24-63-42)40(56)45-31(22-30-16-18-32(53)19-17-30)21-28(6)39(55)48-49-44(59)60-9/h16-19,24,26-28,31,34-36,38,53H,10-15,20-23,25H2,1-9H3,(H,45,56)(H,47,57)(H,48,55)(H,49,59)/t27-,28+,31-,34-,35-,36-,38+/m1/s1. The van der Waals surface area contributed by atoms with Gasteiger partial charge in [0, 0.05) is 43.1 Å². The van der Waals surface area contributed by atoms with Gasteiger partial charge >= 0.3 is 18.0 Å². The number of aromatic nitrogens is 1. The first-order chi connectivity index (χ1) is 29.9. The van der Waals surface area contributed by atoms with Crippen molar-refractivity contribution in [1.29, 1.82) is 0 Å². The Bertz CT molecular complexity index is 1840. The fourth-order valence-corrected chi connectivity index (χ4v) is 8.21. The van der Waals surface area contributed by atoms with Crippen LogP contribution in [0.25, 0.3) is 0 Å². The first-order valence-electron chi connectivity index (χ1n) is 21.7. The normalized spacial score (nSPS) is 16.9. The molecule has 1 aliphatic rings. The average Bonchev–Trinajstić information content (AvgIpc) is 3.75. The number of carbonyl (C=O) groups is 7. The quantitative estimate of drug-likeness (QED) is 0.0465. The number of amides is 5. The van der Waals surface area contributed by atoms with E-state index in [2.05, 4.69) is 31.2 Å². The molecule has 350 valence electrons. The number of phenolic OH excluding ortho intramolecular Hbond substituents is 1. The molecule has 0 aliphatic carbocycles. The number of carbonyl (C=O) groups excluding carboxylic acids is 7. The Morgan fingerprint density at radius 2 is 1.68 bits per heavy atom. The van der Waals surface area contributed by atoms with Crippen molar-refractivity contribution in [3.05, 3.63) is 45.9 Å². The van der Waals surface area contributed by atoms with Crippen molar-refractivity contribution in [2.75, 3.05) is 27.4 Å². The second-order valence-electron chi connectivity index (χ2n) is 16.6. The molecular weight excluding hydrogens is 835 g/mol. The topological polar surface area (TPSA) is 235 Å². The van der Waals surface area contributed by atoms with Crippen LogP contribution in [0.3, 0.4) is 0 Å². The molecule has 0 radical (unpaired) electrons. The number of hydrogen-bond donors (Lipinski definition) is 5. The number of esters is 2. The molecule has 3 rings (SSSR count). The number of piperidine rings is 1. The summed E-state index contributed by atoms with van der Waals surface area (Å²) >= 11 is 1.09. The van der Waals surface area contributed by atoms with E-state index >= 15 is 0 Å². The van der Waals surface area contributed by atoms with Gasteiger partial charge in [-0.2, -0.15) is 0 Å². The van der Waals surface area contributed by atoms with E-state index in [1.54, 1.807) is 19.1 Å². The predicted octanol–water partition coefficient (Wildman–Crippen LogP) is 4.77. The number of likely N-dealkylation sites (N-methyl/N-ethyl adjacent to an activating group) is 1. The van der Waals surface area contributed by atoms with E-state index < -0.39 is 72.6 Å². The third-order valence-electron chi connectivity index (χ3n) is 11.2. The van der Waals surface area contributed by atoms with E-state index in [0.717, 1.165) is 43.4 Å². The summed E-state index contributed by atoms with van der Waals surface area (Å²) in [6.07, 6.45) is 2.35. The van der Waals surface area contributed by atoms with Gasteiger partial charge in [0.25, 0.3) is 5.91 Å². The van der Waals surface area contributed by atoms with E-state index in [4.69, 9.17) is 9.47 Å². The third-order valence-corrected chi connectivity index (χ3v) is 12.2. The van der Waals surface area contributed by atoms with Crippen LogP contribution < -0.4 is 21.5 Å². The lowest BCUT2D eigenvalue weighted by Crippen LogP contribution is -2.59. The highest BCUT2D eigenvalue weighted by Crippen LogP contribution is 2.32. The number of likely N-dealkylation sites (tertiary alicyclic amines) is 1. The zero-order chi connectivity index (χ0) is 46.8. The van der Waals surface area contributed by atoms with Crippen LogP contribution in [0.15, 0.2) is 29.6 Å². The molecule has 0 saturated carbocycles. The summed E-state index contributed by atoms with van der Waals surface area (Å²) in [5.41, 5.74) is 5.21. The molecule has 2 heterocycles. The third kappa shape index (κ3) is 16.4. The molecular formula is C44H67N7O11S. The highest BCUT2D eigenvalue weighted by atomic mass is 32.1. The maximum atomic E-state index is 14.8. The van der Waals surface area contributed by atoms with Gasteiger partial charge in [-0.1, -0.05) is 66.5 Å².